The quantitative estimate of drug-likeness (QED) is 0.591. The number of anilines is 1. The number of amides is 1. The summed E-state index contributed by atoms with van der Waals surface area (Å²) in [6.07, 6.45) is -4.99. The summed E-state index contributed by atoms with van der Waals surface area (Å²) in [5, 5.41) is 25.0. The van der Waals surface area contributed by atoms with Crippen LogP contribution in [0.15, 0.2) is 40.1 Å². The molecule has 1 heterocycles. The highest BCUT2D eigenvalue weighted by atomic mass is 32.2. The first-order valence-corrected chi connectivity index (χ1v) is 8.16. The van der Waals surface area contributed by atoms with E-state index in [0.29, 0.717) is 17.5 Å². The van der Waals surface area contributed by atoms with Crippen molar-refractivity contribution in [1.29, 1.82) is 0 Å². The van der Waals surface area contributed by atoms with Gasteiger partial charge >= 0.3 is 6.18 Å². The Labute approximate surface area is 157 Å². The lowest BCUT2D eigenvalue weighted by atomic mass is 10.1. The second-order valence-corrected chi connectivity index (χ2v) is 6.54. The summed E-state index contributed by atoms with van der Waals surface area (Å²) in [6.45, 7) is -0.199. The Morgan fingerprint density at radius 2 is 1.68 bits per heavy atom. The molecule has 146 valence electrons. The molecule has 1 aliphatic heterocycles. The predicted molar refractivity (Wildman–Crippen MR) is 89.4 cm³/mol. The first-order valence-electron chi connectivity index (χ1n) is 7.35. The monoisotopic (exact) mass is 415 g/mol. The molecule has 0 atom stereocenters. The molecule has 2 aromatic carbocycles. The Morgan fingerprint density at radius 3 is 2.21 bits per heavy atom. The van der Waals surface area contributed by atoms with E-state index in [0.717, 1.165) is 0 Å². The molecule has 9 nitrogen and oxygen atoms in total. The van der Waals surface area contributed by atoms with Gasteiger partial charge in [0.2, 0.25) is 0 Å². The van der Waals surface area contributed by atoms with Crippen LogP contribution in [0.1, 0.15) is 5.56 Å². The molecule has 1 amide bonds. The van der Waals surface area contributed by atoms with Gasteiger partial charge < -0.3 is 10.1 Å². The third-order valence-corrected chi connectivity index (χ3v) is 4.69. The lowest BCUT2D eigenvalue weighted by Gasteiger charge is -2.18. The van der Waals surface area contributed by atoms with E-state index in [1.165, 1.54) is 18.2 Å². The number of benzene rings is 2. The van der Waals surface area contributed by atoms with Gasteiger partial charge in [0, 0.05) is 17.0 Å². The molecular weight excluding hydrogens is 407 g/mol. The van der Waals surface area contributed by atoms with Crippen LogP contribution in [0.5, 0.6) is 5.75 Å². The highest BCUT2D eigenvalue weighted by molar-refractivity contribution is 7.99. The van der Waals surface area contributed by atoms with Crippen molar-refractivity contribution in [2.24, 2.45) is 0 Å². The number of fused-ring (bicyclic) bond motifs is 1. The van der Waals surface area contributed by atoms with Crippen LogP contribution < -0.4 is 10.1 Å². The van der Waals surface area contributed by atoms with Gasteiger partial charge in [0.1, 0.15) is 5.75 Å². The van der Waals surface area contributed by atoms with E-state index in [1.54, 1.807) is 0 Å². The Hall–Kier alpha value is -3.35. The van der Waals surface area contributed by atoms with Gasteiger partial charge in [-0.05, 0) is 18.2 Å². The number of hydrogen-bond acceptors (Lipinski definition) is 7. The van der Waals surface area contributed by atoms with E-state index in [1.807, 2.05) is 0 Å². The van der Waals surface area contributed by atoms with Gasteiger partial charge in [-0.15, -0.1) is 0 Å². The Kier molecular flexibility index (Phi) is 4.85. The summed E-state index contributed by atoms with van der Waals surface area (Å²) in [4.78, 5) is 31.3. The normalized spacial score (nSPS) is 13.3. The number of carbonyl (C=O) groups is 1. The molecular formula is C15H8F3N3O6S. The van der Waals surface area contributed by atoms with E-state index in [2.05, 4.69) is 5.32 Å². The van der Waals surface area contributed by atoms with Crippen molar-refractivity contribution < 1.29 is 32.5 Å². The summed E-state index contributed by atoms with van der Waals surface area (Å²) in [6, 6.07) is 4.68. The largest absolute Gasteiger partial charge is 0.482 e. The Bertz CT molecular complexity index is 976. The molecule has 0 saturated carbocycles. The standard InChI is InChI=1S/C15H8F3N3O6S/c16-15(17,18)7-3-10(20(23)24)14(11(4-7)21(25)26)28-8-1-2-12-9(5-8)19-13(22)6-27-12/h1-5H,6H2,(H,19,22). The zero-order valence-electron chi connectivity index (χ0n) is 13.5. The van der Waals surface area contributed by atoms with E-state index in [4.69, 9.17) is 4.74 Å². The number of rotatable bonds is 4. The number of nitro groups is 2. The molecule has 3 rings (SSSR count). The summed E-state index contributed by atoms with van der Waals surface area (Å²) in [5.41, 5.74) is -3.37. The fraction of sp³-hybridized carbons (Fsp3) is 0.133. The molecule has 13 heteroatoms. The number of carbonyl (C=O) groups excluding carboxylic acids is 1. The Morgan fingerprint density at radius 1 is 1.07 bits per heavy atom. The number of nitro benzene ring substituents is 2. The van der Waals surface area contributed by atoms with Crippen LogP contribution in [0.4, 0.5) is 30.2 Å². The molecule has 0 fully saturated rings. The first-order chi connectivity index (χ1) is 13.1. The van der Waals surface area contributed by atoms with Crippen molar-refractivity contribution in [3.63, 3.8) is 0 Å². The first kappa shape index (κ1) is 19.4. The van der Waals surface area contributed by atoms with Crippen LogP contribution in [0.2, 0.25) is 0 Å². The maximum absolute atomic E-state index is 13.0. The van der Waals surface area contributed by atoms with Gasteiger partial charge in [0.05, 0.1) is 21.1 Å². The number of halogens is 3. The van der Waals surface area contributed by atoms with Gasteiger partial charge in [-0.2, -0.15) is 13.2 Å². The fourth-order valence-corrected chi connectivity index (χ4v) is 3.41. The molecule has 0 aromatic heterocycles. The topological polar surface area (TPSA) is 125 Å². The van der Waals surface area contributed by atoms with Crippen LogP contribution in [0.25, 0.3) is 0 Å². The van der Waals surface area contributed by atoms with Crippen molar-refractivity contribution in [2.45, 2.75) is 16.0 Å². The molecule has 2 aromatic rings. The van der Waals surface area contributed by atoms with Crippen molar-refractivity contribution in [3.05, 3.63) is 56.1 Å². The summed E-state index contributed by atoms with van der Waals surface area (Å²) >= 11 is 0.533. The molecule has 0 radical (unpaired) electrons. The summed E-state index contributed by atoms with van der Waals surface area (Å²) in [5.74, 6) is -0.124. The van der Waals surface area contributed by atoms with Gasteiger partial charge in [0.15, 0.2) is 11.5 Å². The number of alkyl halides is 3. The SMILES string of the molecule is O=C1COc2ccc(Sc3c([N+](=O)[O-])cc(C(F)(F)F)cc3[N+](=O)[O-])cc2N1. The molecule has 0 saturated heterocycles. The minimum Gasteiger partial charge on any atom is -0.482 e. The zero-order valence-corrected chi connectivity index (χ0v) is 14.3. The van der Waals surface area contributed by atoms with Crippen molar-refractivity contribution in [1.82, 2.24) is 0 Å². The predicted octanol–water partition coefficient (Wildman–Crippen LogP) is 4.00. The van der Waals surface area contributed by atoms with Crippen molar-refractivity contribution >= 4 is 34.7 Å². The van der Waals surface area contributed by atoms with E-state index in [9.17, 15) is 38.2 Å². The molecule has 1 aliphatic rings. The van der Waals surface area contributed by atoms with Gasteiger partial charge in [-0.3, -0.25) is 25.0 Å². The highest BCUT2D eigenvalue weighted by Crippen LogP contribution is 2.46. The fourth-order valence-electron chi connectivity index (χ4n) is 2.38. The highest BCUT2D eigenvalue weighted by Gasteiger charge is 2.38. The van der Waals surface area contributed by atoms with E-state index < -0.39 is 43.8 Å². The van der Waals surface area contributed by atoms with Crippen LogP contribution in [-0.2, 0) is 11.0 Å². The third kappa shape index (κ3) is 3.83. The molecule has 1 N–H and O–H groups in total. The lowest BCUT2D eigenvalue weighted by molar-refractivity contribution is -0.400. The number of nitrogens with zero attached hydrogens (tertiary/aromatic N) is 2. The number of ether oxygens (including phenoxy) is 1. The van der Waals surface area contributed by atoms with Crippen molar-refractivity contribution in [2.75, 3.05) is 11.9 Å². The second kappa shape index (κ2) is 6.99. The maximum Gasteiger partial charge on any atom is 0.416 e. The van der Waals surface area contributed by atoms with Crippen LogP contribution >= 0.6 is 11.8 Å². The van der Waals surface area contributed by atoms with Crippen LogP contribution in [0.3, 0.4) is 0 Å². The number of hydrogen-bond donors (Lipinski definition) is 1. The Balaban J connectivity index is 2.11. The molecule has 0 aliphatic carbocycles. The minimum absolute atomic E-state index is 0.199. The van der Waals surface area contributed by atoms with Crippen molar-refractivity contribution in [3.8, 4) is 5.75 Å². The molecule has 0 spiro atoms. The zero-order chi connectivity index (χ0) is 20.6. The molecule has 0 unspecified atom stereocenters. The van der Waals surface area contributed by atoms with E-state index >= 15 is 0 Å². The van der Waals surface area contributed by atoms with E-state index in [-0.39, 0.29) is 29.3 Å². The third-order valence-electron chi connectivity index (χ3n) is 3.57. The smallest absolute Gasteiger partial charge is 0.416 e. The average Bonchev–Trinajstić information content (AvgIpc) is 2.60. The van der Waals surface area contributed by atoms with Crippen LogP contribution in [0, 0.1) is 20.2 Å². The molecule has 0 bridgehead atoms. The van der Waals surface area contributed by atoms with Gasteiger partial charge in [0.25, 0.3) is 17.3 Å². The average molecular weight is 415 g/mol. The van der Waals surface area contributed by atoms with Gasteiger partial charge in [-0.25, -0.2) is 0 Å². The lowest BCUT2D eigenvalue weighted by Crippen LogP contribution is -2.25. The molecule has 28 heavy (non-hydrogen) atoms. The minimum atomic E-state index is -4.99. The maximum atomic E-state index is 13.0. The number of nitrogens with one attached hydrogen (secondary N) is 1. The van der Waals surface area contributed by atoms with Gasteiger partial charge in [-0.1, -0.05) is 11.8 Å². The summed E-state index contributed by atoms with van der Waals surface area (Å²) in [7, 11) is 0. The second-order valence-electron chi connectivity index (χ2n) is 5.45. The van der Waals surface area contributed by atoms with Crippen LogP contribution in [-0.4, -0.2) is 22.4 Å². The summed E-state index contributed by atoms with van der Waals surface area (Å²) < 4.78 is 44.0.